The first-order valence-corrected chi connectivity index (χ1v) is 11.8. The molecule has 1 aliphatic heterocycles. The van der Waals surface area contributed by atoms with E-state index in [1.165, 1.54) is 0 Å². The second-order valence-electron chi connectivity index (χ2n) is 7.86. The van der Waals surface area contributed by atoms with Crippen LogP contribution in [0.1, 0.15) is 39.2 Å². The second-order valence-corrected chi connectivity index (χ2v) is 9.77. The van der Waals surface area contributed by atoms with Crippen LogP contribution in [0.4, 0.5) is 5.69 Å². The molecule has 6 nitrogen and oxygen atoms in total. The van der Waals surface area contributed by atoms with Crippen molar-refractivity contribution in [1.29, 1.82) is 0 Å². The van der Waals surface area contributed by atoms with E-state index in [-0.39, 0.29) is 0 Å². The van der Waals surface area contributed by atoms with Crippen LogP contribution in [0.25, 0.3) is 0 Å². The van der Waals surface area contributed by atoms with Crippen molar-refractivity contribution in [2.75, 3.05) is 31.1 Å². The highest BCUT2D eigenvalue weighted by atomic mass is 32.2. The number of nitrogens with two attached hydrogens (primary N) is 1. The van der Waals surface area contributed by atoms with Crippen LogP contribution in [-0.2, 0) is 14.8 Å². The molecular weight excluding hydrogens is 384 g/mol. The predicted molar refractivity (Wildman–Crippen MR) is 118 cm³/mol. The largest absolute Gasteiger partial charge is 0.369 e. The van der Waals surface area contributed by atoms with Crippen molar-refractivity contribution in [3.8, 4) is 0 Å². The van der Waals surface area contributed by atoms with E-state index in [1.54, 1.807) is 19.3 Å². The maximum atomic E-state index is 13.1. The van der Waals surface area contributed by atoms with Gasteiger partial charge in [-0.15, -0.1) is 0 Å². The van der Waals surface area contributed by atoms with Crippen LogP contribution in [0.15, 0.2) is 54.9 Å². The SMILES string of the molecule is CCC(CC)(N1CCN(c2ccncc2)CC1)C(C)(c1ccccc1)S(N)(=O)=O. The number of hydrogen-bond acceptors (Lipinski definition) is 5. The Hall–Kier alpha value is -1.96. The summed E-state index contributed by atoms with van der Waals surface area (Å²) >= 11 is 0. The summed E-state index contributed by atoms with van der Waals surface area (Å²) in [6, 6.07) is 13.5. The Kier molecular flexibility index (Phi) is 6.31. The molecule has 1 aliphatic rings. The molecule has 0 radical (unpaired) electrons. The van der Waals surface area contributed by atoms with E-state index < -0.39 is 20.3 Å². The van der Waals surface area contributed by atoms with Gasteiger partial charge in [-0.1, -0.05) is 44.2 Å². The number of pyridine rings is 1. The van der Waals surface area contributed by atoms with E-state index in [4.69, 9.17) is 5.14 Å². The summed E-state index contributed by atoms with van der Waals surface area (Å²) < 4.78 is 25.0. The molecule has 1 aromatic carbocycles. The smallest absolute Gasteiger partial charge is 0.220 e. The lowest BCUT2D eigenvalue weighted by molar-refractivity contribution is 0.0346. The number of primary sulfonamides is 1. The summed E-state index contributed by atoms with van der Waals surface area (Å²) in [6.45, 7) is 9.18. The average Bonchev–Trinajstić information content (AvgIpc) is 2.75. The van der Waals surface area contributed by atoms with Gasteiger partial charge in [0.25, 0.3) is 0 Å². The topological polar surface area (TPSA) is 79.5 Å². The number of anilines is 1. The number of nitrogens with zero attached hydrogens (tertiary/aromatic N) is 3. The molecule has 0 saturated carbocycles. The molecule has 158 valence electrons. The molecule has 0 spiro atoms. The van der Waals surface area contributed by atoms with E-state index in [2.05, 4.69) is 28.6 Å². The Bertz CT molecular complexity index is 893. The van der Waals surface area contributed by atoms with Crippen LogP contribution in [0.5, 0.6) is 0 Å². The zero-order valence-electron chi connectivity index (χ0n) is 17.6. The minimum Gasteiger partial charge on any atom is -0.369 e. The van der Waals surface area contributed by atoms with E-state index in [0.717, 1.165) is 37.4 Å². The van der Waals surface area contributed by atoms with Gasteiger partial charge in [0, 0.05) is 49.8 Å². The molecule has 1 saturated heterocycles. The lowest BCUT2D eigenvalue weighted by Gasteiger charge is -2.55. The molecule has 1 fully saturated rings. The first kappa shape index (κ1) is 21.7. The lowest BCUT2D eigenvalue weighted by Crippen LogP contribution is -2.68. The maximum Gasteiger partial charge on any atom is 0.220 e. The quantitative estimate of drug-likeness (QED) is 0.751. The fraction of sp³-hybridized carbons (Fsp3) is 0.500. The van der Waals surface area contributed by atoms with Crippen LogP contribution in [0, 0.1) is 0 Å². The highest BCUT2D eigenvalue weighted by molar-refractivity contribution is 7.90. The third-order valence-corrected chi connectivity index (χ3v) is 8.62. The summed E-state index contributed by atoms with van der Waals surface area (Å²) in [5.41, 5.74) is 1.31. The molecule has 0 aliphatic carbocycles. The van der Waals surface area contributed by atoms with Crippen LogP contribution in [0.2, 0.25) is 0 Å². The molecule has 1 aromatic heterocycles. The van der Waals surface area contributed by atoms with Gasteiger partial charge in [0.05, 0.1) is 0 Å². The maximum absolute atomic E-state index is 13.1. The van der Waals surface area contributed by atoms with Crippen molar-refractivity contribution in [2.45, 2.75) is 43.9 Å². The van der Waals surface area contributed by atoms with Crippen molar-refractivity contribution in [3.05, 3.63) is 60.4 Å². The summed E-state index contributed by atoms with van der Waals surface area (Å²) in [7, 11) is -3.88. The molecule has 1 atom stereocenters. The van der Waals surface area contributed by atoms with Crippen molar-refractivity contribution in [1.82, 2.24) is 9.88 Å². The minimum atomic E-state index is -3.88. The molecule has 0 bridgehead atoms. The zero-order valence-corrected chi connectivity index (χ0v) is 18.4. The van der Waals surface area contributed by atoms with Crippen LogP contribution in [0.3, 0.4) is 0 Å². The van der Waals surface area contributed by atoms with E-state index >= 15 is 0 Å². The van der Waals surface area contributed by atoms with Crippen LogP contribution in [-0.4, -0.2) is 50.0 Å². The Morgan fingerprint density at radius 2 is 1.52 bits per heavy atom. The van der Waals surface area contributed by atoms with E-state index in [1.807, 2.05) is 42.5 Å². The molecule has 29 heavy (non-hydrogen) atoms. The fourth-order valence-electron chi connectivity index (χ4n) is 5.08. The third-order valence-electron chi connectivity index (χ3n) is 6.86. The summed E-state index contributed by atoms with van der Waals surface area (Å²) in [6.07, 6.45) is 5.00. The number of piperazine rings is 1. The zero-order chi connectivity index (χ0) is 21.1. The average molecular weight is 417 g/mol. The van der Waals surface area contributed by atoms with Gasteiger partial charge in [-0.3, -0.25) is 9.88 Å². The molecule has 3 rings (SSSR count). The number of rotatable bonds is 7. The Morgan fingerprint density at radius 1 is 0.966 bits per heavy atom. The van der Waals surface area contributed by atoms with Crippen LogP contribution >= 0.6 is 0 Å². The highest BCUT2D eigenvalue weighted by Crippen LogP contribution is 2.47. The molecule has 7 heteroatoms. The fourth-order valence-corrected chi connectivity index (χ4v) is 6.49. The summed E-state index contributed by atoms with van der Waals surface area (Å²) in [5, 5.41) is 5.94. The van der Waals surface area contributed by atoms with Gasteiger partial charge in [-0.25, -0.2) is 13.6 Å². The number of benzene rings is 1. The van der Waals surface area contributed by atoms with E-state index in [9.17, 15) is 8.42 Å². The first-order chi connectivity index (χ1) is 13.8. The van der Waals surface area contributed by atoms with Crippen molar-refractivity contribution < 1.29 is 8.42 Å². The van der Waals surface area contributed by atoms with Crippen molar-refractivity contribution in [3.63, 3.8) is 0 Å². The minimum absolute atomic E-state index is 0.591. The Morgan fingerprint density at radius 3 is 2.00 bits per heavy atom. The summed E-state index contributed by atoms with van der Waals surface area (Å²) in [5.74, 6) is 0. The standard InChI is InChI=1S/C22H32N4O2S/c1-4-22(5-2,21(3,29(23,27)28)19-9-7-6-8-10-19)26-17-15-25(16-18-26)20-11-13-24-14-12-20/h6-14H,4-5,15-18H2,1-3H3,(H2,23,27,28). The normalized spacial score (nSPS) is 18.4. The monoisotopic (exact) mass is 416 g/mol. The molecule has 2 N–H and O–H groups in total. The molecular formula is C22H32N4O2S. The summed E-state index contributed by atoms with van der Waals surface area (Å²) in [4.78, 5) is 8.77. The highest BCUT2D eigenvalue weighted by Gasteiger charge is 2.57. The van der Waals surface area contributed by atoms with Gasteiger partial charge in [-0.05, 0) is 37.5 Å². The molecule has 2 aromatic rings. The molecule has 2 heterocycles. The van der Waals surface area contributed by atoms with Crippen LogP contribution < -0.4 is 10.0 Å². The molecule has 1 unspecified atom stereocenters. The van der Waals surface area contributed by atoms with Gasteiger partial charge in [0.2, 0.25) is 10.0 Å². The van der Waals surface area contributed by atoms with Gasteiger partial charge >= 0.3 is 0 Å². The number of hydrogen-bond donors (Lipinski definition) is 1. The predicted octanol–water partition coefficient (Wildman–Crippen LogP) is 2.97. The Labute approximate surface area is 174 Å². The van der Waals surface area contributed by atoms with Gasteiger partial charge in [-0.2, -0.15) is 0 Å². The molecule has 0 amide bonds. The van der Waals surface area contributed by atoms with Gasteiger partial charge in [0.15, 0.2) is 0 Å². The van der Waals surface area contributed by atoms with Crippen molar-refractivity contribution in [2.24, 2.45) is 5.14 Å². The van der Waals surface area contributed by atoms with Crippen molar-refractivity contribution >= 4 is 15.7 Å². The third kappa shape index (κ3) is 3.67. The van der Waals surface area contributed by atoms with E-state index in [0.29, 0.717) is 12.8 Å². The number of aromatic nitrogens is 1. The van der Waals surface area contributed by atoms with Gasteiger partial charge < -0.3 is 4.90 Å². The lowest BCUT2D eigenvalue weighted by atomic mass is 9.74. The van der Waals surface area contributed by atoms with Gasteiger partial charge in [0.1, 0.15) is 4.75 Å². The number of sulfonamides is 1. The first-order valence-electron chi connectivity index (χ1n) is 10.3. The second kappa shape index (κ2) is 8.42. The Balaban J connectivity index is 1.99.